The molecule has 6 nitrogen and oxygen atoms in total. The monoisotopic (exact) mass is 297 g/mol. The molecule has 1 rings (SSSR count). The molecule has 0 saturated carbocycles. The van der Waals surface area contributed by atoms with Gasteiger partial charge in [-0.3, -0.25) is 0 Å². The zero-order valence-electron chi connectivity index (χ0n) is 12.8. The molecule has 1 atom stereocenters. The Kier molecular flexibility index (Phi) is 5.84. The van der Waals surface area contributed by atoms with Crippen molar-refractivity contribution in [3.63, 3.8) is 0 Å². The van der Waals surface area contributed by atoms with Crippen molar-refractivity contribution in [3.8, 4) is 11.5 Å². The van der Waals surface area contributed by atoms with Crippen LogP contribution < -0.4 is 10.1 Å². The van der Waals surface area contributed by atoms with Gasteiger partial charge in [0, 0.05) is 12.0 Å². The normalized spacial score (nSPS) is 12.6. The quantitative estimate of drug-likeness (QED) is 0.771. The van der Waals surface area contributed by atoms with E-state index in [2.05, 4.69) is 5.32 Å². The number of phenols is 1. The molecule has 118 valence electrons. The highest BCUT2D eigenvalue weighted by atomic mass is 16.6. The van der Waals surface area contributed by atoms with E-state index < -0.39 is 17.7 Å². The molecule has 0 unspecified atom stereocenters. The van der Waals surface area contributed by atoms with Crippen LogP contribution in [0.2, 0.25) is 0 Å². The van der Waals surface area contributed by atoms with Crippen molar-refractivity contribution in [2.24, 2.45) is 0 Å². The maximum absolute atomic E-state index is 11.7. The van der Waals surface area contributed by atoms with Crippen LogP contribution in [0.15, 0.2) is 18.2 Å². The molecule has 0 aromatic heterocycles. The van der Waals surface area contributed by atoms with Gasteiger partial charge in [0.05, 0.1) is 19.8 Å². The second-order valence-corrected chi connectivity index (χ2v) is 5.69. The average molecular weight is 297 g/mol. The molecule has 1 amide bonds. The fraction of sp³-hybridized carbons (Fsp3) is 0.533. The number of aromatic hydroxyl groups is 1. The summed E-state index contributed by atoms with van der Waals surface area (Å²) in [7, 11) is 1.49. The lowest BCUT2D eigenvalue weighted by molar-refractivity contribution is 0.0482. The first-order valence-corrected chi connectivity index (χ1v) is 6.72. The Balaban J connectivity index is 2.77. The Labute approximate surface area is 124 Å². The number of phenolic OH excluding ortho intramolecular Hbond substituents is 1. The van der Waals surface area contributed by atoms with Crippen LogP contribution >= 0.6 is 0 Å². The predicted molar refractivity (Wildman–Crippen MR) is 78.6 cm³/mol. The summed E-state index contributed by atoms with van der Waals surface area (Å²) in [4.78, 5) is 11.7. The Bertz CT molecular complexity index is 481. The van der Waals surface area contributed by atoms with Crippen molar-refractivity contribution >= 4 is 6.09 Å². The zero-order valence-corrected chi connectivity index (χ0v) is 12.8. The maximum atomic E-state index is 11.7. The third kappa shape index (κ3) is 5.51. The summed E-state index contributed by atoms with van der Waals surface area (Å²) in [6.45, 7) is 4.99. The lowest BCUT2D eigenvalue weighted by Gasteiger charge is -2.23. The van der Waals surface area contributed by atoms with Crippen molar-refractivity contribution in [2.45, 2.75) is 38.8 Å². The number of amides is 1. The molecule has 0 saturated heterocycles. The fourth-order valence-corrected chi connectivity index (χ4v) is 1.83. The second kappa shape index (κ2) is 7.17. The molecule has 0 aliphatic carbocycles. The van der Waals surface area contributed by atoms with Gasteiger partial charge in [-0.05, 0) is 32.9 Å². The minimum absolute atomic E-state index is 0.0544. The lowest BCUT2D eigenvalue weighted by Crippen LogP contribution is -2.42. The van der Waals surface area contributed by atoms with Crippen LogP contribution in [0.25, 0.3) is 0 Å². The van der Waals surface area contributed by atoms with Crippen molar-refractivity contribution in [1.82, 2.24) is 5.32 Å². The number of aliphatic hydroxyl groups excluding tert-OH is 1. The summed E-state index contributed by atoms with van der Waals surface area (Å²) in [6, 6.07) is 4.31. The summed E-state index contributed by atoms with van der Waals surface area (Å²) < 4.78 is 10.3. The van der Waals surface area contributed by atoms with Crippen LogP contribution in [0.5, 0.6) is 11.5 Å². The number of aliphatic hydroxyl groups is 1. The van der Waals surface area contributed by atoms with E-state index in [1.54, 1.807) is 32.9 Å². The maximum Gasteiger partial charge on any atom is 0.407 e. The molecule has 0 radical (unpaired) electrons. The van der Waals surface area contributed by atoms with Gasteiger partial charge in [-0.25, -0.2) is 4.79 Å². The molecule has 0 heterocycles. The number of ether oxygens (including phenoxy) is 2. The number of benzene rings is 1. The minimum Gasteiger partial charge on any atom is -0.508 e. The first-order chi connectivity index (χ1) is 9.76. The number of nitrogens with one attached hydrogen (secondary N) is 1. The van der Waals surface area contributed by atoms with E-state index in [-0.39, 0.29) is 18.8 Å². The van der Waals surface area contributed by atoms with Crippen LogP contribution in [0.1, 0.15) is 26.3 Å². The van der Waals surface area contributed by atoms with Crippen LogP contribution in [-0.2, 0) is 11.2 Å². The molecule has 1 aromatic rings. The number of methoxy groups -OCH3 is 1. The molecule has 0 aliphatic rings. The molecule has 6 heteroatoms. The summed E-state index contributed by atoms with van der Waals surface area (Å²) in [5.41, 5.74) is -0.0912. The van der Waals surface area contributed by atoms with E-state index in [4.69, 9.17) is 9.47 Å². The fourth-order valence-electron chi connectivity index (χ4n) is 1.83. The first kappa shape index (κ1) is 17.1. The topological polar surface area (TPSA) is 88.0 Å². The van der Waals surface area contributed by atoms with Crippen molar-refractivity contribution < 1.29 is 24.5 Å². The smallest absolute Gasteiger partial charge is 0.407 e. The highest BCUT2D eigenvalue weighted by molar-refractivity contribution is 5.68. The highest BCUT2D eigenvalue weighted by Crippen LogP contribution is 2.28. The molecule has 0 aliphatic heterocycles. The molecule has 0 fully saturated rings. The number of alkyl carbamates (subject to hydrolysis) is 1. The van der Waals surface area contributed by atoms with Gasteiger partial charge < -0.3 is 25.0 Å². The van der Waals surface area contributed by atoms with Gasteiger partial charge in [-0.2, -0.15) is 0 Å². The molecule has 0 spiro atoms. The molecule has 3 N–H and O–H groups in total. The van der Waals surface area contributed by atoms with E-state index in [0.717, 1.165) is 0 Å². The molecular weight excluding hydrogens is 274 g/mol. The zero-order chi connectivity index (χ0) is 16.0. The van der Waals surface area contributed by atoms with Gasteiger partial charge in [-0.15, -0.1) is 0 Å². The van der Waals surface area contributed by atoms with Crippen LogP contribution in [0.3, 0.4) is 0 Å². The average Bonchev–Trinajstić information content (AvgIpc) is 2.37. The number of hydrogen-bond donors (Lipinski definition) is 3. The molecule has 1 aromatic carbocycles. The summed E-state index contributed by atoms with van der Waals surface area (Å²) in [5.74, 6) is 0.554. The number of rotatable bonds is 5. The van der Waals surface area contributed by atoms with Gasteiger partial charge in [0.1, 0.15) is 17.1 Å². The number of hydrogen-bond acceptors (Lipinski definition) is 5. The van der Waals surface area contributed by atoms with E-state index in [0.29, 0.717) is 11.3 Å². The van der Waals surface area contributed by atoms with Crippen molar-refractivity contribution in [3.05, 3.63) is 23.8 Å². The summed E-state index contributed by atoms with van der Waals surface area (Å²) in [5, 5.41) is 21.9. The standard InChI is InChI=1S/C15H23NO5/c1-15(2,3)21-14(19)16-10(9-17)8-11-12(18)6-5-7-13(11)20-4/h5-7,10,17-18H,8-9H2,1-4H3,(H,16,19)/t10-/m1/s1. The second-order valence-electron chi connectivity index (χ2n) is 5.69. The van der Waals surface area contributed by atoms with Gasteiger partial charge >= 0.3 is 6.09 Å². The number of carbonyl (C=O) groups excluding carboxylic acids is 1. The van der Waals surface area contributed by atoms with E-state index >= 15 is 0 Å². The first-order valence-electron chi connectivity index (χ1n) is 6.72. The Hall–Kier alpha value is -1.95. The van der Waals surface area contributed by atoms with E-state index in [1.807, 2.05) is 0 Å². The van der Waals surface area contributed by atoms with E-state index in [1.165, 1.54) is 13.2 Å². The highest BCUT2D eigenvalue weighted by Gasteiger charge is 2.21. The largest absolute Gasteiger partial charge is 0.508 e. The van der Waals surface area contributed by atoms with Crippen molar-refractivity contribution in [2.75, 3.05) is 13.7 Å². The minimum atomic E-state index is -0.615. The molecule has 0 bridgehead atoms. The predicted octanol–water partition coefficient (Wildman–Crippen LogP) is 1.83. The Morgan fingerprint density at radius 1 is 1.38 bits per heavy atom. The summed E-state index contributed by atoms with van der Waals surface area (Å²) >= 11 is 0. The van der Waals surface area contributed by atoms with Gasteiger partial charge in [0.25, 0.3) is 0 Å². The third-order valence-corrected chi connectivity index (χ3v) is 2.72. The van der Waals surface area contributed by atoms with Crippen LogP contribution in [0, 0.1) is 0 Å². The SMILES string of the molecule is COc1cccc(O)c1C[C@H](CO)NC(=O)OC(C)(C)C. The summed E-state index contributed by atoms with van der Waals surface area (Å²) in [6.07, 6.45) is -0.387. The molecule has 21 heavy (non-hydrogen) atoms. The van der Waals surface area contributed by atoms with E-state index in [9.17, 15) is 15.0 Å². The van der Waals surface area contributed by atoms with Gasteiger partial charge in [0.2, 0.25) is 0 Å². The van der Waals surface area contributed by atoms with Crippen molar-refractivity contribution in [1.29, 1.82) is 0 Å². The van der Waals surface area contributed by atoms with Crippen LogP contribution in [0.4, 0.5) is 4.79 Å². The Morgan fingerprint density at radius 2 is 2.05 bits per heavy atom. The number of carbonyl (C=O) groups is 1. The lowest BCUT2D eigenvalue weighted by atomic mass is 10.0. The molecular formula is C15H23NO5. The van der Waals surface area contributed by atoms with Gasteiger partial charge in [-0.1, -0.05) is 6.07 Å². The Morgan fingerprint density at radius 3 is 2.57 bits per heavy atom. The van der Waals surface area contributed by atoms with Crippen LogP contribution in [-0.4, -0.2) is 41.7 Å². The third-order valence-electron chi connectivity index (χ3n) is 2.72. The van der Waals surface area contributed by atoms with Gasteiger partial charge in [0.15, 0.2) is 0 Å².